The zero-order valence-corrected chi connectivity index (χ0v) is 16.2. The molecule has 0 aliphatic carbocycles. The van der Waals surface area contributed by atoms with E-state index in [1.807, 2.05) is 19.1 Å². The number of methoxy groups -OCH3 is 1. The Labute approximate surface area is 169 Å². The van der Waals surface area contributed by atoms with E-state index in [2.05, 4.69) is 15.6 Å². The summed E-state index contributed by atoms with van der Waals surface area (Å²) in [6, 6.07) is 17.6. The molecule has 2 aromatic carbocycles. The number of aryl methyl sites for hydroxylation is 1. The van der Waals surface area contributed by atoms with Gasteiger partial charge in [0.15, 0.2) is 0 Å². The van der Waals surface area contributed by atoms with Crippen molar-refractivity contribution in [1.29, 1.82) is 0 Å². The molecule has 3 aromatic rings. The van der Waals surface area contributed by atoms with Gasteiger partial charge in [0.1, 0.15) is 11.4 Å². The van der Waals surface area contributed by atoms with Crippen molar-refractivity contribution in [1.82, 2.24) is 10.3 Å². The van der Waals surface area contributed by atoms with Crippen LogP contribution < -0.4 is 15.4 Å². The second kappa shape index (κ2) is 9.32. The molecule has 0 bridgehead atoms. The summed E-state index contributed by atoms with van der Waals surface area (Å²) in [6.07, 6.45) is 4.83. The molecule has 2 N–H and O–H groups in total. The van der Waals surface area contributed by atoms with Crippen LogP contribution in [0.3, 0.4) is 0 Å². The van der Waals surface area contributed by atoms with E-state index in [-0.39, 0.29) is 11.6 Å². The number of pyridine rings is 1. The Morgan fingerprint density at radius 3 is 2.34 bits per heavy atom. The molecule has 0 spiro atoms. The van der Waals surface area contributed by atoms with Gasteiger partial charge in [-0.25, -0.2) is 0 Å². The molecule has 0 unspecified atom stereocenters. The van der Waals surface area contributed by atoms with Gasteiger partial charge < -0.3 is 15.4 Å². The molecular formula is C23H21N3O3. The van der Waals surface area contributed by atoms with Crippen LogP contribution in [0.5, 0.6) is 5.75 Å². The zero-order valence-electron chi connectivity index (χ0n) is 16.2. The van der Waals surface area contributed by atoms with Crippen LogP contribution >= 0.6 is 0 Å². The second-order valence-corrected chi connectivity index (χ2v) is 6.35. The maximum atomic E-state index is 12.8. The molecule has 0 fully saturated rings. The van der Waals surface area contributed by atoms with Crippen molar-refractivity contribution in [3.8, 4) is 5.75 Å². The van der Waals surface area contributed by atoms with Crippen LogP contribution in [0, 0.1) is 6.92 Å². The summed E-state index contributed by atoms with van der Waals surface area (Å²) in [6.45, 7) is 1.94. The predicted octanol–water partition coefficient (Wildman–Crippen LogP) is 3.81. The van der Waals surface area contributed by atoms with Gasteiger partial charge >= 0.3 is 0 Å². The van der Waals surface area contributed by atoms with Gasteiger partial charge in [0, 0.05) is 23.6 Å². The second-order valence-electron chi connectivity index (χ2n) is 6.35. The molecule has 0 saturated heterocycles. The van der Waals surface area contributed by atoms with Gasteiger partial charge in [0.25, 0.3) is 11.8 Å². The molecule has 1 aromatic heterocycles. The molecule has 0 aliphatic heterocycles. The highest BCUT2D eigenvalue weighted by molar-refractivity contribution is 6.10. The van der Waals surface area contributed by atoms with Crippen molar-refractivity contribution in [2.24, 2.45) is 0 Å². The van der Waals surface area contributed by atoms with E-state index in [1.165, 1.54) is 0 Å². The van der Waals surface area contributed by atoms with Crippen LogP contribution in [0.25, 0.3) is 6.08 Å². The van der Waals surface area contributed by atoms with E-state index >= 15 is 0 Å². The lowest BCUT2D eigenvalue weighted by atomic mass is 10.1. The standard InChI is InChI=1S/C23H21N3O3/c1-16-5-7-18(8-6-16)22(27)26-21(14-17-4-3-13-24-15-17)23(28)25-19-9-11-20(29-2)12-10-19/h3-15H,1-2H3,(H,25,28)(H,26,27). The molecule has 3 rings (SSSR count). The van der Waals surface area contributed by atoms with Crippen molar-refractivity contribution in [3.63, 3.8) is 0 Å². The van der Waals surface area contributed by atoms with Crippen LogP contribution in [-0.4, -0.2) is 23.9 Å². The quantitative estimate of drug-likeness (QED) is 0.631. The minimum absolute atomic E-state index is 0.111. The minimum Gasteiger partial charge on any atom is -0.497 e. The maximum absolute atomic E-state index is 12.8. The number of hydrogen-bond donors (Lipinski definition) is 2. The Hall–Kier alpha value is -3.93. The average molecular weight is 387 g/mol. The van der Waals surface area contributed by atoms with Crippen LogP contribution in [0.1, 0.15) is 21.5 Å². The van der Waals surface area contributed by atoms with Crippen LogP contribution in [0.15, 0.2) is 78.8 Å². The first kappa shape index (κ1) is 19.8. The molecule has 6 heteroatoms. The molecule has 0 radical (unpaired) electrons. The first-order valence-corrected chi connectivity index (χ1v) is 9.00. The Bertz CT molecular complexity index is 1010. The summed E-state index contributed by atoms with van der Waals surface area (Å²) >= 11 is 0. The van der Waals surface area contributed by atoms with E-state index in [0.717, 1.165) is 5.56 Å². The number of hydrogen-bond acceptors (Lipinski definition) is 4. The van der Waals surface area contributed by atoms with Crippen molar-refractivity contribution in [2.75, 3.05) is 12.4 Å². The van der Waals surface area contributed by atoms with Gasteiger partial charge in [0.2, 0.25) is 0 Å². The van der Waals surface area contributed by atoms with Gasteiger partial charge in [-0.1, -0.05) is 23.8 Å². The third kappa shape index (κ3) is 5.52. The van der Waals surface area contributed by atoms with Gasteiger partial charge in [-0.15, -0.1) is 0 Å². The van der Waals surface area contributed by atoms with Crippen molar-refractivity contribution < 1.29 is 14.3 Å². The Kier molecular flexibility index (Phi) is 6.37. The summed E-state index contributed by atoms with van der Waals surface area (Å²) in [7, 11) is 1.57. The van der Waals surface area contributed by atoms with Crippen molar-refractivity contribution in [3.05, 3.63) is 95.4 Å². The molecule has 1 heterocycles. The third-order valence-electron chi connectivity index (χ3n) is 4.15. The number of nitrogens with one attached hydrogen (secondary N) is 2. The number of ether oxygens (including phenoxy) is 1. The number of carbonyl (C=O) groups excluding carboxylic acids is 2. The summed E-state index contributed by atoms with van der Waals surface area (Å²) in [5, 5.41) is 5.48. The maximum Gasteiger partial charge on any atom is 0.272 e. The molecule has 0 aliphatic rings. The largest absolute Gasteiger partial charge is 0.497 e. The van der Waals surface area contributed by atoms with Crippen LogP contribution in [-0.2, 0) is 4.79 Å². The molecule has 2 amide bonds. The lowest BCUT2D eigenvalue weighted by molar-refractivity contribution is -0.113. The topological polar surface area (TPSA) is 80.3 Å². The summed E-state index contributed by atoms with van der Waals surface area (Å²) in [5.74, 6) is -0.133. The summed E-state index contributed by atoms with van der Waals surface area (Å²) in [4.78, 5) is 29.5. The number of benzene rings is 2. The van der Waals surface area contributed by atoms with Crippen LogP contribution in [0.2, 0.25) is 0 Å². The van der Waals surface area contributed by atoms with Crippen molar-refractivity contribution in [2.45, 2.75) is 6.92 Å². The number of rotatable bonds is 6. The highest BCUT2D eigenvalue weighted by atomic mass is 16.5. The number of carbonyl (C=O) groups is 2. The molecule has 0 atom stereocenters. The smallest absolute Gasteiger partial charge is 0.272 e. The molecule has 0 saturated carbocycles. The number of anilines is 1. The monoisotopic (exact) mass is 387 g/mol. The highest BCUT2D eigenvalue weighted by Gasteiger charge is 2.15. The zero-order chi connectivity index (χ0) is 20.6. The van der Waals surface area contributed by atoms with Crippen LogP contribution in [0.4, 0.5) is 5.69 Å². The first-order chi connectivity index (χ1) is 14.0. The fraction of sp³-hybridized carbons (Fsp3) is 0.0870. The van der Waals surface area contributed by atoms with E-state index in [0.29, 0.717) is 22.6 Å². The Morgan fingerprint density at radius 2 is 1.72 bits per heavy atom. The van der Waals surface area contributed by atoms with Gasteiger partial charge in [0.05, 0.1) is 7.11 Å². The lowest BCUT2D eigenvalue weighted by Gasteiger charge is -2.12. The fourth-order valence-electron chi connectivity index (χ4n) is 2.56. The molecule has 29 heavy (non-hydrogen) atoms. The van der Waals surface area contributed by atoms with E-state index < -0.39 is 5.91 Å². The minimum atomic E-state index is -0.445. The lowest BCUT2D eigenvalue weighted by Crippen LogP contribution is -2.30. The molecule has 6 nitrogen and oxygen atoms in total. The van der Waals surface area contributed by atoms with Gasteiger partial charge in [-0.05, 0) is 61.0 Å². The summed E-state index contributed by atoms with van der Waals surface area (Å²) < 4.78 is 5.12. The van der Waals surface area contributed by atoms with E-state index in [4.69, 9.17) is 4.74 Å². The fourth-order valence-corrected chi connectivity index (χ4v) is 2.56. The highest BCUT2D eigenvalue weighted by Crippen LogP contribution is 2.16. The number of nitrogens with zero attached hydrogens (tertiary/aromatic N) is 1. The van der Waals surface area contributed by atoms with E-state index in [9.17, 15) is 9.59 Å². The predicted molar refractivity (Wildman–Crippen MR) is 112 cm³/mol. The number of aromatic nitrogens is 1. The number of amides is 2. The normalized spacial score (nSPS) is 10.9. The average Bonchev–Trinajstić information content (AvgIpc) is 2.75. The Morgan fingerprint density at radius 1 is 1.00 bits per heavy atom. The van der Waals surface area contributed by atoms with E-state index in [1.54, 1.807) is 74.1 Å². The third-order valence-corrected chi connectivity index (χ3v) is 4.15. The van der Waals surface area contributed by atoms with Gasteiger partial charge in [-0.3, -0.25) is 14.6 Å². The first-order valence-electron chi connectivity index (χ1n) is 9.00. The molecular weight excluding hydrogens is 366 g/mol. The Balaban J connectivity index is 1.83. The molecule has 146 valence electrons. The van der Waals surface area contributed by atoms with Gasteiger partial charge in [-0.2, -0.15) is 0 Å². The summed E-state index contributed by atoms with van der Waals surface area (Å²) in [5.41, 5.74) is 2.89. The van der Waals surface area contributed by atoms with Crippen molar-refractivity contribution >= 4 is 23.6 Å². The SMILES string of the molecule is COc1ccc(NC(=O)C(=Cc2cccnc2)NC(=O)c2ccc(C)cc2)cc1.